The van der Waals surface area contributed by atoms with Crippen molar-refractivity contribution in [3.63, 3.8) is 0 Å². The van der Waals surface area contributed by atoms with Crippen LogP contribution in [0.2, 0.25) is 10.0 Å². The Bertz CT molecular complexity index is 1440. The van der Waals surface area contributed by atoms with Crippen molar-refractivity contribution in [2.75, 3.05) is 17.1 Å². The zero-order chi connectivity index (χ0) is 29.4. The quantitative estimate of drug-likeness (QED) is 0.296. The van der Waals surface area contributed by atoms with Crippen LogP contribution < -0.4 is 9.62 Å². The molecule has 0 saturated heterocycles. The first-order valence-electron chi connectivity index (χ1n) is 12.7. The summed E-state index contributed by atoms with van der Waals surface area (Å²) in [5.41, 5.74) is 1.40. The second kappa shape index (κ2) is 14.0. The molecule has 0 bridgehead atoms. The number of nitrogens with zero attached hydrogens (tertiary/aromatic N) is 2. The highest BCUT2D eigenvalue weighted by atomic mass is 35.5. The van der Waals surface area contributed by atoms with Gasteiger partial charge in [0.25, 0.3) is 0 Å². The van der Waals surface area contributed by atoms with Gasteiger partial charge in [-0.2, -0.15) is 0 Å². The first kappa shape index (κ1) is 31.4. The molecule has 0 radical (unpaired) electrons. The van der Waals surface area contributed by atoms with Gasteiger partial charge in [0, 0.05) is 19.0 Å². The molecular formula is C29H32Cl2FN3O4S. The van der Waals surface area contributed by atoms with Crippen molar-refractivity contribution in [2.45, 2.75) is 45.3 Å². The topological polar surface area (TPSA) is 86.8 Å². The summed E-state index contributed by atoms with van der Waals surface area (Å²) in [6, 6.07) is 17.9. The third kappa shape index (κ3) is 8.68. The molecule has 0 aliphatic carbocycles. The maximum atomic E-state index is 14.0. The van der Waals surface area contributed by atoms with Gasteiger partial charge >= 0.3 is 0 Å². The van der Waals surface area contributed by atoms with Crippen LogP contribution in [0.3, 0.4) is 0 Å². The zero-order valence-electron chi connectivity index (χ0n) is 22.5. The second-order valence-corrected chi connectivity index (χ2v) is 12.3. The standard InChI is InChI=1S/C29H32Cl2FN3O4S/c1-4-20(2)33-29(37)27(16-21-9-6-5-7-10-21)34(18-22-13-14-25(30)26(31)15-22)28(36)19-35(40(3,38)39)24-12-8-11-23(32)17-24/h5-15,17,20,27H,4,16,18-19H2,1-3H3,(H,33,37)/t20-,27+/m1/s1. The maximum absolute atomic E-state index is 14.0. The fraction of sp³-hybridized carbons (Fsp3) is 0.310. The Hall–Kier alpha value is -3.14. The van der Waals surface area contributed by atoms with Gasteiger partial charge in [0.05, 0.1) is 22.0 Å². The molecular weight excluding hydrogens is 576 g/mol. The maximum Gasteiger partial charge on any atom is 0.244 e. The molecule has 0 aliphatic heterocycles. The minimum Gasteiger partial charge on any atom is -0.352 e. The highest BCUT2D eigenvalue weighted by molar-refractivity contribution is 7.92. The van der Waals surface area contributed by atoms with Crippen LogP contribution in [-0.4, -0.2) is 50.0 Å². The predicted molar refractivity (Wildman–Crippen MR) is 157 cm³/mol. The Morgan fingerprint density at radius 3 is 2.25 bits per heavy atom. The van der Waals surface area contributed by atoms with Crippen molar-refractivity contribution in [1.29, 1.82) is 0 Å². The van der Waals surface area contributed by atoms with Crippen molar-refractivity contribution in [2.24, 2.45) is 0 Å². The Labute approximate surface area is 244 Å². The number of nitrogens with one attached hydrogen (secondary N) is 1. The van der Waals surface area contributed by atoms with Gasteiger partial charge < -0.3 is 10.2 Å². The van der Waals surface area contributed by atoms with Gasteiger partial charge in [0.1, 0.15) is 18.4 Å². The Morgan fingerprint density at radius 1 is 0.950 bits per heavy atom. The van der Waals surface area contributed by atoms with Crippen molar-refractivity contribution in [1.82, 2.24) is 10.2 Å². The number of hydrogen-bond acceptors (Lipinski definition) is 4. The summed E-state index contributed by atoms with van der Waals surface area (Å²) >= 11 is 12.3. The number of rotatable bonds is 12. The van der Waals surface area contributed by atoms with Gasteiger partial charge in [-0.1, -0.05) is 72.6 Å². The molecule has 0 unspecified atom stereocenters. The lowest BCUT2D eigenvalue weighted by atomic mass is 10.0. The van der Waals surface area contributed by atoms with Crippen LogP contribution in [0.5, 0.6) is 0 Å². The van der Waals surface area contributed by atoms with Crippen LogP contribution in [0.1, 0.15) is 31.4 Å². The van der Waals surface area contributed by atoms with Crippen molar-refractivity contribution < 1.29 is 22.4 Å². The van der Waals surface area contributed by atoms with Crippen molar-refractivity contribution in [3.05, 3.63) is 99.8 Å². The lowest BCUT2D eigenvalue weighted by Crippen LogP contribution is -2.54. The van der Waals surface area contributed by atoms with E-state index in [-0.39, 0.29) is 35.6 Å². The summed E-state index contributed by atoms with van der Waals surface area (Å²) in [5, 5.41) is 3.55. The molecule has 3 aromatic rings. The second-order valence-electron chi connectivity index (χ2n) is 9.54. The number of sulfonamides is 1. The molecule has 0 aliphatic rings. The molecule has 2 atom stereocenters. The van der Waals surface area contributed by atoms with Crippen LogP contribution in [0, 0.1) is 5.82 Å². The molecule has 0 heterocycles. The predicted octanol–water partition coefficient (Wildman–Crippen LogP) is 5.45. The Kier molecular flexibility index (Phi) is 11.0. The molecule has 0 saturated carbocycles. The number of carbonyl (C=O) groups is 2. The molecule has 0 aromatic heterocycles. The van der Waals surface area contributed by atoms with E-state index >= 15 is 0 Å². The average molecular weight is 609 g/mol. The van der Waals surface area contributed by atoms with Gasteiger partial charge in [-0.05, 0) is 54.8 Å². The van der Waals surface area contributed by atoms with E-state index in [2.05, 4.69) is 5.32 Å². The third-order valence-electron chi connectivity index (χ3n) is 6.38. The van der Waals surface area contributed by atoms with Crippen LogP contribution in [0.15, 0.2) is 72.8 Å². The summed E-state index contributed by atoms with van der Waals surface area (Å²) in [7, 11) is -4.00. The molecule has 11 heteroatoms. The Balaban J connectivity index is 2.08. The zero-order valence-corrected chi connectivity index (χ0v) is 24.8. The summed E-state index contributed by atoms with van der Waals surface area (Å²) in [6.45, 7) is 3.09. The fourth-order valence-corrected chi connectivity index (χ4v) is 5.24. The van der Waals surface area contributed by atoms with Gasteiger partial charge in [-0.25, -0.2) is 12.8 Å². The number of amides is 2. The summed E-state index contributed by atoms with van der Waals surface area (Å²) in [5.74, 6) is -1.69. The first-order valence-corrected chi connectivity index (χ1v) is 15.3. The number of hydrogen-bond donors (Lipinski definition) is 1. The van der Waals surface area contributed by atoms with E-state index in [0.29, 0.717) is 17.0 Å². The van der Waals surface area contributed by atoms with E-state index < -0.39 is 34.3 Å². The molecule has 1 N–H and O–H groups in total. The largest absolute Gasteiger partial charge is 0.352 e. The molecule has 40 heavy (non-hydrogen) atoms. The molecule has 0 spiro atoms. The van der Waals surface area contributed by atoms with E-state index in [1.54, 1.807) is 18.2 Å². The van der Waals surface area contributed by atoms with Gasteiger partial charge in [-0.3, -0.25) is 13.9 Å². The van der Waals surface area contributed by atoms with E-state index in [1.165, 1.54) is 23.1 Å². The number of halogens is 3. The smallest absolute Gasteiger partial charge is 0.244 e. The van der Waals surface area contributed by atoms with E-state index in [9.17, 15) is 22.4 Å². The molecule has 3 aromatic carbocycles. The molecule has 214 valence electrons. The highest BCUT2D eigenvalue weighted by Gasteiger charge is 2.33. The summed E-state index contributed by atoms with van der Waals surface area (Å²) in [4.78, 5) is 29.0. The number of carbonyl (C=O) groups excluding carboxylic acids is 2. The van der Waals surface area contributed by atoms with Gasteiger partial charge in [0.15, 0.2) is 0 Å². The normalized spacial score (nSPS) is 12.8. The highest BCUT2D eigenvalue weighted by Crippen LogP contribution is 2.25. The fourth-order valence-electron chi connectivity index (χ4n) is 4.07. The van der Waals surface area contributed by atoms with E-state index in [1.807, 2.05) is 44.2 Å². The monoisotopic (exact) mass is 607 g/mol. The molecule has 2 amide bonds. The van der Waals surface area contributed by atoms with Crippen molar-refractivity contribution >= 4 is 50.7 Å². The molecule has 7 nitrogen and oxygen atoms in total. The lowest BCUT2D eigenvalue weighted by molar-refractivity contribution is -0.140. The summed E-state index contributed by atoms with van der Waals surface area (Å²) < 4.78 is 40.3. The number of anilines is 1. The summed E-state index contributed by atoms with van der Waals surface area (Å²) in [6.07, 6.45) is 1.78. The SMILES string of the molecule is CC[C@@H](C)NC(=O)[C@H](Cc1ccccc1)N(Cc1ccc(Cl)c(Cl)c1)C(=O)CN(c1cccc(F)c1)S(C)(=O)=O. The average Bonchev–Trinajstić information content (AvgIpc) is 2.90. The van der Waals surface area contributed by atoms with E-state index in [0.717, 1.165) is 22.2 Å². The van der Waals surface area contributed by atoms with Crippen LogP contribution in [0.25, 0.3) is 0 Å². The number of benzene rings is 3. The van der Waals surface area contributed by atoms with Crippen LogP contribution >= 0.6 is 23.2 Å². The molecule has 3 rings (SSSR count). The van der Waals surface area contributed by atoms with Crippen LogP contribution in [-0.2, 0) is 32.6 Å². The van der Waals surface area contributed by atoms with Gasteiger partial charge in [0.2, 0.25) is 21.8 Å². The molecule has 0 fully saturated rings. The third-order valence-corrected chi connectivity index (χ3v) is 8.26. The first-order chi connectivity index (χ1) is 18.9. The lowest BCUT2D eigenvalue weighted by Gasteiger charge is -2.34. The van der Waals surface area contributed by atoms with Gasteiger partial charge in [-0.15, -0.1) is 0 Å². The van der Waals surface area contributed by atoms with E-state index in [4.69, 9.17) is 23.2 Å². The minimum atomic E-state index is -4.00. The van der Waals surface area contributed by atoms with Crippen LogP contribution in [0.4, 0.5) is 10.1 Å². The minimum absolute atomic E-state index is 0.00555. The van der Waals surface area contributed by atoms with Crippen molar-refractivity contribution in [3.8, 4) is 0 Å². The Morgan fingerprint density at radius 2 is 1.65 bits per heavy atom.